The first-order valence-corrected chi connectivity index (χ1v) is 5.53. The lowest BCUT2D eigenvalue weighted by atomic mass is 10.1. The first-order valence-electron chi connectivity index (χ1n) is 5.53. The second kappa shape index (κ2) is 4.58. The van der Waals surface area contributed by atoms with E-state index in [1.165, 1.54) is 5.56 Å². The van der Waals surface area contributed by atoms with Crippen molar-refractivity contribution in [2.45, 2.75) is 20.4 Å². The Balaban J connectivity index is 2.42. The molecule has 1 aromatic heterocycles. The molecule has 0 aliphatic heterocycles. The van der Waals surface area contributed by atoms with Crippen LogP contribution in [-0.4, -0.2) is 13.7 Å². The molecule has 2 rings (SSSR count). The fraction of sp³-hybridized carbons (Fsp3) is 0.385. The monoisotopic (exact) mass is 219 g/mol. The Morgan fingerprint density at radius 1 is 1.38 bits per heavy atom. The predicted molar refractivity (Wildman–Crippen MR) is 64.9 cm³/mol. The van der Waals surface area contributed by atoms with Crippen molar-refractivity contribution >= 4 is 11.0 Å². The molecule has 3 heteroatoms. The molecule has 1 N–H and O–H groups in total. The average Bonchev–Trinajstić information content (AvgIpc) is 2.63. The summed E-state index contributed by atoms with van der Waals surface area (Å²) in [6, 6.07) is 5.89. The molecule has 16 heavy (non-hydrogen) atoms. The van der Waals surface area contributed by atoms with E-state index in [4.69, 9.17) is 9.15 Å². The molecule has 0 atom stereocenters. The third kappa shape index (κ3) is 1.91. The Bertz CT molecular complexity index is 488. The summed E-state index contributed by atoms with van der Waals surface area (Å²) >= 11 is 0. The number of hydrogen-bond acceptors (Lipinski definition) is 3. The van der Waals surface area contributed by atoms with Gasteiger partial charge in [-0.15, -0.1) is 0 Å². The minimum atomic E-state index is 0.777. The van der Waals surface area contributed by atoms with Gasteiger partial charge in [-0.1, -0.05) is 6.92 Å². The minimum Gasteiger partial charge on any atom is -0.497 e. The van der Waals surface area contributed by atoms with Gasteiger partial charge in [-0.3, -0.25) is 0 Å². The summed E-state index contributed by atoms with van der Waals surface area (Å²) < 4.78 is 11.0. The number of hydrogen-bond donors (Lipinski definition) is 1. The van der Waals surface area contributed by atoms with Gasteiger partial charge in [-0.2, -0.15) is 0 Å². The number of methoxy groups -OCH3 is 1. The largest absolute Gasteiger partial charge is 0.497 e. The zero-order chi connectivity index (χ0) is 11.5. The van der Waals surface area contributed by atoms with Crippen molar-refractivity contribution in [2.75, 3.05) is 13.7 Å². The molecule has 0 saturated carbocycles. The fourth-order valence-corrected chi connectivity index (χ4v) is 1.78. The Hall–Kier alpha value is -1.48. The molecular weight excluding hydrogens is 202 g/mol. The first-order chi connectivity index (χ1) is 7.76. The minimum absolute atomic E-state index is 0.777. The summed E-state index contributed by atoms with van der Waals surface area (Å²) in [4.78, 5) is 0. The van der Waals surface area contributed by atoms with Crippen LogP contribution >= 0.6 is 0 Å². The second-order valence-corrected chi connectivity index (χ2v) is 3.79. The van der Waals surface area contributed by atoms with Gasteiger partial charge in [0.15, 0.2) is 0 Å². The van der Waals surface area contributed by atoms with E-state index in [0.29, 0.717) is 0 Å². The smallest absolute Gasteiger partial charge is 0.134 e. The van der Waals surface area contributed by atoms with Crippen molar-refractivity contribution in [1.82, 2.24) is 5.32 Å². The van der Waals surface area contributed by atoms with Crippen LogP contribution in [-0.2, 0) is 6.54 Å². The van der Waals surface area contributed by atoms with Crippen molar-refractivity contribution in [3.63, 3.8) is 0 Å². The van der Waals surface area contributed by atoms with Crippen LogP contribution < -0.4 is 10.1 Å². The Morgan fingerprint density at radius 3 is 2.88 bits per heavy atom. The molecule has 1 heterocycles. The van der Waals surface area contributed by atoms with Gasteiger partial charge in [0.1, 0.15) is 17.1 Å². The standard InChI is InChI=1S/C13H17NO2/c1-4-14-8-13-9(2)11-7-10(15-3)5-6-12(11)16-13/h5-7,14H,4,8H2,1-3H3. The van der Waals surface area contributed by atoms with Crippen molar-refractivity contribution in [1.29, 1.82) is 0 Å². The van der Waals surface area contributed by atoms with Crippen molar-refractivity contribution in [2.24, 2.45) is 0 Å². The van der Waals surface area contributed by atoms with Crippen molar-refractivity contribution in [3.05, 3.63) is 29.5 Å². The zero-order valence-corrected chi connectivity index (χ0v) is 9.96. The molecule has 0 amide bonds. The van der Waals surface area contributed by atoms with Crippen molar-refractivity contribution < 1.29 is 9.15 Å². The molecule has 0 spiro atoms. The average molecular weight is 219 g/mol. The summed E-state index contributed by atoms with van der Waals surface area (Å²) in [7, 11) is 1.68. The van der Waals surface area contributed by atoms with Crippen LogP contribution in [0.2, 0.25) is 0 Å². The maximum Gasteiger partial charge on any atom is 0.134 e. The van der Waals surface area contributed by atoms with E-state index < -0.39 is 0 Å². The maximum absolute atomic E-state index is 5.78. The highest BCUT2D eigenvalue weighted by atomic mass is 16.5. The number of furan rings is 1. The summed E-state index contributed by atoms with van der Waals surface area (Å²) in [5, 5.41) is 4.40. The summed E-state index contributed by atoms with van der Waals surface area (Å²) in [6.07, 6.45) is 0. The van der Waals surface area contributed by atoms with E-state index >= 15 is 0 Å². The lowest BCUT2D eigenvalue weighted by Gasteiger charge is -1.98. The van der Waals surface area contributed by atoms with Gasteiger partial charge in [0.25, 0.3) is 0 Å². The second-order valence-electron chi connectivity index (χ2n) is 3.79. The van der Waals surface area contributed by atoms with Crippen LogP contribution in [0.1, 0.15) is 18.2 Å². The van der Waals surface area contributed by atoms with Crippen molar-refractivity contribution in [3.8, 4) is 5.75 Å². The van der Waals surface area contributed by atoms with E-state index in [1.54, 1.807) is 7.11 Å². The van der Waals surface area contributed by atoms with Gasteiger partial charge in [0.05, 0.1) is 13.7 Å². The number of aryl methyl sites for hydroxylation is 1. The van der Waals surface area contributed by atoms with E-state index in [0.717, 1.165) is 35.6 Å². The molecule has 3 nitrogen and oxygen atoms in total. The Labute approximate surface area is 95.4 Å². The van der Waals surface area contributed by atoms with Gasteiger partial charge in [-0.05, 0) is 37.2 Å². The lowest BCUT2D eigenvalue weighted by Crippen LogP contribution is -2.11. The third-order valence-electron chi connectivity index (χ3n) is 2.78. The lowest BCUT2D eigenvalue weighted by molar-refractivity contribution is 0.415. The van der Waals surface area contributed by atoms with Crippen LogP contribution in [0.3, 0.4) is 0 Å². The number of nitrogens with one attached hydrogen (secondary N) is 1. The number of fused-ring (bicyclic) bond motifs is 1. The van der Waals surface area contributed by atoms with Gasteiger partial charge in [-0.25, -0.2) is 0 Å². The summed E-state index contributed by atoms with van der Waals surface area (Å²) in [6.45, 7) is 5.89. The van der Waals surface area contributed by atoms with E-state index in [9.17, 15) is 0 Å². The summed E-state index contributed by atoms with van der Waals surface area (Å²) in [5.74, 6) is 1.87. The molecule has 0 aliphatic rings. The molecule has 0 saturated heterocycles. The number of rotatable bonds is 4. The third-order valence-corrected chi connectivity index (χ3v) is 2.78. The Kier molecular flexibility index (Phi) is 3.15. The quantitative estimate of drug-likeness (QED) is 0.858. The van der Waals surface area contributed by atoms with E-state index in [-0.39, 0.29) is 0 Å². The van der Waals surface area contributed by atoms with Crippen LogP contribution in [0.5, 0.6) is 5.75 Å². The topological polar surface area (TPSA) is 34.4 Å². The fourth-order valence-electron chi connectivity index (χ4n) is 1.78. The highest BCUT2D eigenvalue weighted by molar-refractivity contribution is 5.83. The predicted octanol–water partition coefficient (Wildman–Crippen LogP) is 2.86. The van der Waals surface area contributed by atoms with E-state index in [1.807, 2.05) is 18.2 Å². The van der Waals surface area contributed by atoms with Crippen LogP contribution in [0.25, 0.3) is 11.0 Å². The molecule has 0 unspecified atom stereocenters. The molecule has 1 aromatic carbocycles. The molecule has 0 bridgehead atoms. The number of ether oxygens (including phenoxy) is 1. The SMILES string of the molecule is CCNCc1oc2ccc(OC)cc2c1C. The zero-order valence-electron chi connectivity index (χ0n) is 9.96. The van der Waals surface area contributed by atoms with E-state index in [2.05, 4.69) is 19.2 Å². The first kappa shape index (κ1) is 11.0. The van der Waals surface area contributed by atoms with Gasteiger partial charge in [0, 0.05) is 5.39 Å². The number of benzene rings is 1. The van der Waals surface area contributed by atoms with Crippen LogP contribution in [0, 0.1) is 6.92 Å². The molecule has 2 aromatic rings. The maximum atomic E-state index is 5.78. The van der Waals surface area contributed by atoms with Gasteiger partial charge < -0.3 is 14.5 Å². The van der Waals surface area contributed by atoms with Gasteiger partial charge >= 0.3 is 0 Å². The van der Waals surface area contributed by atoms with Gasteiger partial charge in [0.2, 0.25) is 0 Å². The summed E-state index contributed by atoms with van der Waals surface area (Å²) in [5.41, 5.74) is 2.11. The molecular formula is C13H17NO2. The van der Waals surface area contributed by atoms with Crippen LogP contribution in [0.4, 0.5) is 0 Å². The highest BCUT2D eigenvalue weighted by Crippen LogP contribution is 2.28. The molecule has 0 radical (unpaired) electrons. The highest BCUT2D eigenvalue weighted by Gasteiger charge is 2.10. The molecule has 0 fully saturated rings. The molecule has 0 aliphatic carbocycles. The van der Waals surface area contributed by atoms with Crippen LogP contribution in [0.15, 0.2) is 22.6 Å². The Morgan fingerprint density at radius 2 is 2.19 bits per heavy atom. The normalized spacial score (nSPS) is 10.9. The molecule has 86 valence electrons.